The number of rotatable bonds is 5. The summed E-state index contributed by atoms with van der Waals surface area (Å²) in [6.07, 6.45) is -4.41. The Morgan fingerprint density at radius 1 is 1.19 bits per heavy atom. The molecule has 0 atom stereocenters. The summed E-state index contributed by atoms with van der Waals surface area (Å²) in [6.45, 7) is 3.59. The predicted molar refractivity (Wildman–Crippen MR) is 93.7 cm³/mol. The van der Waals surface area contributed by atoms with E-state index >= 15 is 0 Å². The van der Waals surface area contributed by atoms with Crippen LogP contribution in [0.4, 0.5) is 18.9 Å². The van der Waals surface area contributed by atoms with E-state index in [0.717, 1.165) is 12.1 Å². The summed E-state index contributed by atoms with van der Waals surface area (Å²) in [4.78, 5) is 16.4. The average Bonchev–Trinajstić information content (AvgIpc) is 3.03. The molecule has 0 saturated heterocycles. The maximum atomic E-state index is 12.5. The molecule has 1 aromatic heterocycles. The molecule has 1 heterocycles. The Hall–Kier alpha value is -3.03. The number of nitrogens with one attached hydrogen (secondary N) is 1. The lowest BCUT2D eigenvalue weighted by Crippen LogP contribution is -2.20. The number of ether oxygens (including phenoxy) is 1. The molecule has 8 heteroatoms. The van der Waals surface area contributed by atoms with Crippen LogP contribution in [0.3, 0.4) is 0 Å². The Labute approximate surface area is 153 Å². The SMILES string of the molecule is CC(C)c1nc2cc(NC(=O)COc3ccc(C(F)(F)F)cc3)ccc2o1. The molecule has 3 aromatic rings. The highest BCUT2D eigenvalue weighted by atomic mass is 19.4. The highest BCUT2D eigenvalue weighted by molar-refractivity contribution is 5.93. The topological polar surface area (TPSA) is 64.4 Å². The summed E-state index contributed by atoms with van der Waals surface area (Å²) in [5.74, 6) is 0.486. The first-order chi connectivity index (χ1) is 12.7. The van der Waals surface area contributed by atoms with E-state index in [4.69, 9.17) is 9.15 Å². The summed E-state index contributed by atoms with van der Waals surface area (Å²) in [6, 6.07) is 9.21. The summed E-state index contributed by atoms with van der Waals surface area (Å²) in [5.41, 5.74) is 0.992. The summed E-state index contributed by atoms with van der Waals surface area (Å²) in [7, 11) is 0. The number of nitrogens with zero attached hydrogens (tertiary/aromatic N) is 1. The number of halogens is 3. The maximum Gasteiger partial charge on any atom is 0.416 e. The van der Waals surface area contributed by atoms with Crippen molar-refractivity contribution in [2.24, 2.45) is 0 Å². The minimum Gasteiger partial charge on any atom is -0.484 e. The number of amides is 1. The molecule has 0 saturated carbocycles. The molecule has 0 aliphatic carbocycles. The van der Waals surface area contributed by atoms with Gasteiger partial charge in [0.05, 0.1) is 5.56 Å². The van der Waals surface area contributed by atoms with Gasteiger partial charge in [0, 0.05) is 11.6 Å². The molecule has 0 aliphatic heterocycles. The normalized spacial score (nSPS) is 11.8. The Balaban J connectivity index is 1.59. The molecule has 0 bridgehead atoms. The first kappa shape index (κ1) is 18.8. The van der Waals surface area contributed by atoms with Crippen LogP contribution >= 0.6 is 0 Å². The van der Waals surface area contributed by atoms with E-state index < -0.39 is 17.6 Å². The van der Waals surface area contributed by atoms with E-state index in [0.29, 0.717) is 22.7 Å². The van der Waals surface area contributed by atoms with Crippen LogP contribution in [0.1, 0.15) is 31.2 Å². The third kappa shape index (κ3) is 4.58. The fourth-order valence-corrected chi connectivity index (χ4v) is 2.36. The number of fused-ring (bicyclic) bond motifs is 1. The van der Waals surface area contributed by atoms with Crippen LogP contribution in [-0.4, -0.2) is 17.5 Å². The minimum atomic E-state index is -4.41. The van der Waals surface area contributed by atoms with E-state index in [9.17, 15) is 18.0 Å². The van der Waals surface area contributed by atoms with Crippen molar-refractivity contribution >= 4 is 22.7 Å². The van der Waals surface area contributed by atoms with Crippen molar-refractivity contribution in [3.63, 3.8) is 0 Å². The summed E-state index contributed by atoms with van der Waals surface area (Å²) in [5, 5.41) is 2.65. The first-order valence-electron chi connectivity index (χ1n) is 8.23. The van der Waals surface area contributed by atoms with Crippen molar-refractivity contribution in [2.45, 2.75) is 25.9 Å². The van der Waals surface area contributed by atoms with Crippen LogP contribution in [0.5, 0.6) is 5.75 Å². The van der Waals surface area contributed by atoms with Crippen LogP contribution < -0.4 is 10.1 Å². The second kappa shape index (κ2) is 7.30. The van der Waals surface area contributed by atoms with Crippen LogP contribution in [0.25, 0.3) is 11.1 Å². The zero-order valence-corrected chi connectivity index (χ0v) is 14.6. The zero-order chi connectivity index (χ0) is 19.6. The second-order valence-electron chi connectivity index (χ2n) is 6.25. The average molecular weight is 378 g/mol. The van der Waals surface area contributed by atoms with Gasteiger partial charge in [0.1, 0.15) is 11.3 Å². The number of aromatic nitrogens is 1. The molecule has 1 amide bonds. The number of anilines is 1. The van der Waals surface area contributed by atoms with E-state index in [1.807, 2.05) is 13.8 Å². The van der Waals surface area contributed by atoms with Gasteiger partial charge in [0.15, 0.2) is 18.1 Å². The third-order valence-corrected chi connectivity index (χ3v) is 3.73. The molecule has 0 fully saturated rings. The Morgan fingerprint density at radius 3 is 2.52 bits per heavy atom. The smallest absolute Gasteiger partial charge is 0.416 e. The second-order valence-corrected chi connectivity index (χ2v) is 6.25. The van der Waals surface area contributed by atoms with Crippen molar-refractivity contribution in [1.82, 2.24) is 4.98 Å². The lowest BCUT2D eigenvalue weighted by Gasteiger charge is -2.09. The molecule has 0 unspecified atom stereocenters. The number of benzene rings is 2. The summed E-state index contributed by atoms with van der Waals surface area (Å²) >= 11 is 0. The van der Waals surface area contributed by atoms with Crippen LogP contribution in [0, 0.1) is 0 Å². The van der Waals surface area contributed by atoms with E-state index in [1.54, 1.807) is 18.2 Å². The van der Waals surface area contributed by atoms with Crippen LogP contribution in [-0.2, 0) is 11.0 Å². The Morgan fingerprint density at radius 2 is 1.89 bits per heavy atom. The van der Waals surface area contributed by atoms with E-state index in [2.05, 4.69) is 10.3 Å². The van der Waals surface area contributed by atoms with Gasteiger partial charge >= 0.3 is 6.18 Å². The number of hydrogen-bond acceptors (Lipinski definition) is 4. The van der Waals surface area contributed by atoms with E-state index in [-0.39, 0.29) is 18.3 Å². The lowest BCUT2D eigenvalue weighted by atomic mass is 10.2. The van der Waals surface area contributed by atoms with Gasteiger partial charge in [-0.3, -0.25) is 4.79 Å². The predicted octanol–water partition coefficient (Wildman–Crippen LogP) is 4.99. The van der Waals surface area contributed by atoms with Gasteiger partial charge in [-0.05, 0) is 42.5 Å². The van der Waals surface area contributed by atoms with Crippen molar-refractivity contribution in [1.29, 1.82) is 0 Å². The Bertz CT molecular complexity index is 947. The van der Waals surface area contributed by atoms with Gasteiger partial charge in [-0.25, -0.2) is 4.98 Å². The molecule has 0 aliphatic rings. The molecule has 3 rings (SSSR count). The highest BCUT2D eigenvalue weighted by Gasteiger charge is 2.30. The van der Waals surface area contributed by atoms with E-state index in [1.165, 1.54) is 12.1 Å². The number of carbonyl (C=O) groups is 1. The van der Waals surface area contributed by atoms with Crippen molar-refractivity contribution in [3.8, 4) is 5.75 Å². The first-order valence-corrected chi connectivity index (χ1v) is 8.23. The van der Waals surface area contributed by atoms with Gasteiger partial charge in [-0.15, -0.1) is 0 Å². The fourth-order valence-electron chi connectivity index (χ4n) is 2.36. The van der Waals surface area contributed by atoms with Gasteiger partial charge in [0.2, 0.25) is 0 Å². The van der Waals surface area contributed by atoms with Gasteiger partial charge in [-0.2, -0.15) is 13.2 Å². The standard InChI is InChI=1S/C19H17F3N2O3/c1-11(2)18-24-15-9-13(5-8-16(15)27-18)23-17(25)10-26-14-6-3-12(4-7-14)19(20,21)22/h3-9,11H,10H2,1-2H3,(H,23,25). The molecule has 0 spiro atoms. The summed E-state index contributed by atoms with van der Waals surface area (Å²) < 4.78 is 48.4. The molecule has 27 heavy (non-hydrogen) atoms. The molecule has 2 aromatic carbocycles. The molecule has 142 valence electrons. The molecular formula is C19H17F3N2O3. The van der Waals surface area contributed by atoms with Crippen molar-refractivity contribution < 1.29 is 27.1 Å². The molecule has 0 radical (unpaired) electrons. The monoisotopic (exact) mass is 378 g/mol. The van der Waals surface area contributed by atoms with Gasteiger partial charge in [-0.1, -0.05) is 13.8 Å². The maximum absolute atomic E-state index is 12.5. The minimum absolute atomic E-state index is 0.146. The van der Waals surface area contributed by atoms with Gasteiger partial charge in [0.25, 0.3) is 5.91 Å². The van der Waals surface area contributed by atoms with Gasteiger partial charge < -0.3 is 14.5 Å². The van der Waals surface area contributed by atoms with Crippen molar-refractivity contribution in [2.75, 3.05) is 11.9 Å². The Kier molecular flexibility index (Phi) is 5.07. The number of carbonyl (C=O) groups excluding carboxylic acids is 1. The highest BCUT2D eigenvalue weighted by Crippen LogP contribution is 2.30. The molecular weight excluding hydrogens is 361 g/mol. The number of oxazole rings is 1. The quantitative estimate of drug-likeness (QED) is 0.680. The number of hydrogen-bond donors (Lipinski definition) is 1. The third-order valence-electron chi connectivity index (χ3n) is 3.73. The molecule has 1 N–H and O–H groups in total. The molecule has 5 nitrogen and oxygen atoms in total. The lowest BCUT2D eigenvalue weighted by molar-refractivity contribution is -0.137. The largest absolute Gasteiger partial charge is 0.484 e. The van der Waals surface area contributed by atoms with Crippen LogP contribution in [0.15, 0.2) is 46.9 Å². The van der Waals surface area contributed by atoms with Crippen LogP contribution in [0.2, 0.25) is 0 Å². The van der Waals surface area contributed by atoms with Crippen molar-refractivity contribution in [3.05, 3.63) is 53.9 Å². The number of alkyl halides is 3. The fraction of sp³-hybridized carbons (Fsp3) is 0.263. The zero-order valence-electron chi connectivity index (χ0n) is 14.6.